The van der Waals surface area contributed by atoms with Crippen molar-refractivity contribution in [3.63, 3.8) is 0 Å². The van der Waals surface area contributed by atoms with Gasteiger partial charge in [-0.25, -0.2) is 0 Å². The maximum atomic E-state index is 13.4. The van der Waals surface area contributed by atoms with Crippen molar-refractivity contribution < 1.29 is 17.4 Å². The molecule has 0 aliphatic rings. The van der Waals surface area contributed by atoms with E-state index in [4.69, 9.17) is 4.18 Å². The quantitative estimate of drug-likeness (QED) is 0.524. The van der Waals surface area contributed by atoms with Gasteiger partial charge in [0.05, 0.1) is 11.7 Å². The van der Waals surface area contributed by atoms with Gasteiger partial charge in [0.25, 0.3) is 0 Å². The molecule has 2 atom stereocenters. The Morgan fingerprint density at radius 2 is 1.59 bits per heavy atom. The lowest BCUT2D eigenvalue weighted by molar-refractivity contribution is -0.135. The topological polar surface area (TPSA) is 63.7 Å². The van der Waals surface area contributed by atoms with E-state index >= 15 is 0 Å². The van der Waals surface area contributed by atoms with Crippen LogP contribution >= 0.6 is 0 Å². The number of hydrogen-bond acceptors (Lipinski definition) is 4. The van der Waals surface area contributed by atoms with Crippen LogP contribution in [0.2, 0.25) is 0 Å². The highest BCUT2D eigenvalue weighted by atomic mass is 32.2. The summed E-state index contributed by atoms with van der Waals surface area (Å²) in [5.41, 5.74) is 1.96. The van der Waals surface area contributed by atoms with Crippen LogP contribution in [-0.2, 0) is 21.5 Å². The summed E-state index contributed by atoms with van der Waals surface area (Å²) >= 11 is 0. The Morgan fingerprint density at radius 3 is 2.10 bits per heavy atom. The van der Waals surface area contributed by atoms with Gasteiger partial charge >= 0.3 is 10.1 Å². The van der Waals surface area contributed by atoms with Crippen molar-refractivity contribution in [3.8, 4) is 5.75 Å². The summed E-state index contributed by atoms with van der Waals surface area (Å²) in [6.07, 6.45) is 1.59. The van der Waals surface area contributed by atoms with Crippen molar-refractivity contribution in [2.75, 3.05) is 5.75 Å². The summed E-state index contributed by atoms with van der Waals surface area (Å²) in [5.74, 6) is 0.139. The van der Waals surface area contributed by atoms with Gasteiger partial charge in [0.1, 0.15) is 5.75 Å². The van der Waals surface area contributed by atoms with Crippen LogP contribution in [0.5, 0.6) is 5.75 Å². The van der Waals surface area contributed by atoms with Crippen LogP contribution < -0.4 is 4.18 Å². The second-order valence-corrected chi connectivity index (χ2v) is 9.03. The second kappa shape index (κ2) is 10.4. The predicted molar refractivity (Wildman–Crippen MR) is 116 cm³/mol. The first-order valence-electron chi connectivity index (χ1n) is 10.2. The third-order valence-corrected chi connectivity index (χ3v) is 6.32. The smallest absolute Gasteiger partial charge is 0.308 e. The minimum Gasteiger partial charge on any atom is -0.382 e. The fraction of sp³-hybridized carbons (Fsp3) is 0.435. The lowest BCUT2D eigenvalue weighted by atomic mass is 9.94. The van der Waals surface area contributed by atoms with Crippen molar-refractivity contribution in [1.82, 2.24) is 4.90 Å². The molecule has 2 aromatic rings. The van der Waals surface area contributed by atoms with E-state index in [-0.39, 0.29) is 29.4 Å². The molecule has 0 spiro atoms. The van der Waals surface area contributed by atoms with Gasteiger partial charge in [-0.3, -0.25) is 4.79 Å². The average molecular weight is 418 g/mol. The molecule has 0 heterocycles. The first kappa shape index (κ1) is 22.9. The van der Waals surface area contributed by atoms with E-state index in [0.29, 0.717) is 6.54 Å². The monoisotopic (exact) mass is 417 g/mol. The van der Waals surface area contributed by atoms with Gasteiger partial charge < -0.3 is 9.08 Å². The van der Waals surface area contributed by atoms with Gasteiger partial charge in [0.2, 0.25) is 5.91 Å². The van der Waals surface area contributed by atoms with Gasteiger partial charge in [0.15, 0.2) is 0 Å². The van der Waals surface area contributed by atoms with E-state index in [1.54, 1.807) is 12.1 Å². The van der Waals surface area contributed by atoms with Gasteiger partial charge in [0, 0.05) is 12.6 Å². The Bertz CT molecular complexity index is 879. The zero-order valence-electron chi connectivity index (χ0n) is 17.7. The van der Waals surface area contributed by atoms with E-state index < -0.39 is 10.1 Å². The molecule has 0 saturated carbocycles. The molecule has 0 aliphatic heterocycles. The van der Waals surface area contributed by atoms with Gasteiger partial charge in [-0.15, -0.1) is 0 Å². The first-order chi connectivity index (χ1) is 13.8. The molecule has 0 N–H and O–H groups in total. The zero-order valence-corrected chi connectivity index (χ0v) is 18.5. The Morgan fingerprint density at radius 1 is 0.966 bits per heavy atom. The molecule has 2 aromatic carbocycles. The zero-order chi connectivity index (χ0) is 21.4. The number of benzene rings is 2. The first-order valence-corrected chi connectivity index (χ1v) is 11.8. The van der Waals surface area contributed by atoms with Crippen molar-refractivity contribution in [2.24, 2.45) is 0 Å². The summed E-state index contributed by atoms with van der Waals surface area (Å²) in [5, 5.41) is 0. The fourth-order valence-corrected chi connectivity index (χ4v) is 3.68. The van der Waals surface area contributed by atoms with Crippen molar-refractivity contribution in [2.45, 2.75) is 59.0 Å². The Labute approximate surface area is 174 Å². The van der Waals surface area contributed by atoms with E-state index in [1.807, 2.05) is 54.3 Å². The second-order valence-electron chi connectivity index (χ2n) is 7.17. The Hall–Kier alpha value is -2.34. The average Bonchev–Trinajstić information content (AvgIpc) is 2.73. The number of hydrogen-bond donors (Lipinski definition) is 0. The highest BCUT2D eigenvalue weighted by molar-refractivity contribution is 7.87. The summed E-state index contributed by atoms with van der Waals surface area (Å²) in [7, 11) is -3.55. The maximum Gasteiger partial charge on any atom is 0.308 e. The third kappa shape index (κ3) is 6.32. The highest BCUT2D eigenvalue weighted by Gasteiger charge is 2.27. The van der Waals surface area contributed by atoms with Crippen LogP contribution in [0.1, 0.15) is 57.6 Å². The standard InChI is InChI=1S/C23H31NO4S/c1-5-18(4)24(23(25)22(6-2)20-11-9-8-10-12-20)17-19-13-15-21(16-14-19)28-29(26,27)7-3/h8-16,18,22H,5-7,17H2,1-4H3/t18-,22-/m0/s1. The Balaban J connectivity index is 2.21. The van der Waals surface area contributed by atoms with Crippen molar-refractivity contribution in [3.05, 3.63) is 65.7 Å². The molecule has 6 heteroatoms. The molecule has 29 heavy (non-hydrogen) atoms. The molecule has 158 valence electrons. The number of carbonyl (C=O) groups excluding carboxylic acids is 1. The van der Waals surface area contributed by atoms with Crippen LogP contribution in [-0.4, -0.2) is 31.0 Å². The molecule has 1 amide bonds. The molecule has 0 radical (unpaired) electrons. The molecule has 0 bridgehead atoms. The minimum absolute atomic E-state index is 0.0804. The molecule has 0 unspecified atom stereocenters. The third-order valence-electron chi connectivity index (χ3n) is 5.17. The fourth-order valence-electron chi connectivity index (χ4n) is 3.16. The summed E-state index contributed by atoms with van der Waals surface area (Å²) in [6.45, 7) is 8.17. The van der Waals surface area contributed by atoms with Crippen LogP contribution in [0, 0.1) is 0 Å². The molecule has 0 aromatic heterocycles. The summed E-state index contributed by atoms with van der Waals surface area (Å²) in [4.78, 5) is 15.3. The molecule has 0 aliphatic carbocycles. The Kier molecular flexibility index (Phi) is 8.26. The number of amides is 1. The number of carbonyl (C=O) groups is 1. The van der Waals surface area contributed by atoms with Crippen LogP contribution in [0.25, 0.3) is 0 Å². The van der Waals surface area contributed by atoms with Crippen LogP contribution in [0.15, 0.2) is 54.6 Å². The van der Waals surface area contributed by atoms with Crippen molar-refractivity contribution >= 4 is 16.0 Å². The van der Waals surface area contributed by atoms with E-state index in [1.165, 1.54) is 6.92 Å². The lowest BCUT2D eigenvalue weighted by Gasteiger charge is -2.32. The minimum atomic E-state index is -3.55. The lowest BCUT2D eigenvalue weighted by Crippen LogP contribution is -2.40. The summed E-state index contributed by atoms with van der Waals surface area (Å²) < 4.78 is 28.3. The van der Waals surface area contributed by atoms with E-state index in [0.717, 1.165) is 24.0 Å². The van der Waals surface area contributed by atoms with Crippen LogP contribution in [0.3, 0.4) is 0 Å². The predicted octanol–water partition coefficient (Wildman–Crippen LogP) is 4.74. The number of rotatable bonds is 10. The van der Waals surface area contributed by atoms with E-state index in [2.05, 4.69) is 13.8 Å². The molecule has 0 saturated heterocycles. The maximum absolute atomic E-state index is 13.4. The molecule has 2 rings (SSSR count). The molecular weight excluding hydrogens is 386 g/mol. The van der Waals surface area contributed by atoms with Crippen molar-refractivity contribution in [1.29, 1.82) is 0 Å². The largest absolute Gasteiger partial charge is 0.382 e. The normalized spacial score (nSPS) is 13.5. The number of nitrogens with zero attached hydrogens (tertiary/aromatic N) is 1. The van der Waals surface area contributed by atoms with E-state index in [9.17, 15) is 13.2 Å². The van der Waals surface area contributed by atoms with Gasteiger partial charge in [-0.1, -0.05) is 56.3 Å². The van der Waals surface area contributed by atoms with Gasteiger partial charge in [-0.05, 0) is 49.9 Å². The SMILES string of the molecule is CC[C@H](C(=O)N(Cc1ccc(OS(=O)(=O)CC)cc1)[C@@H](C)CC)c1ccccc1. The highest BCUT2D eigenvalue weighted by Crippen LogP contribution is 2.25. The molecular formula is C23H31NO4S. The summed E-state index contributed by atoms with van der Waals surface area (Å²) in [6, 6.07) is 16.9. The van der Waals surface area contributed by atoms with Gasteiger partial charge in [-0.2, -0.15) is 8.42 Å². The molecule has 5 nitrogen and oxygen atoms in total. The molecule has 0 fully saturated rings. The van der Waals surface area contributed by atoms with Crippen LogP contribution in [0.4, 0.5) is 0 Å².